The van der Waals surface area contributed by atoms with Crippen molar-refractivity contribution in [3.63, 3.8) is 0 Å². The van der Waals surface area contributed by atoms with Crippen LogP contribution >= 0.6 is 12.2 Å². The van der Waals surface area contributed by atoms with Crippen LogP contribution in [0, 0.1) is 5.92 Å². The van der Waals surface area contributed by atoms with E-state index in [0.29, 0.717) is 0 Å². The third-order valence-corrected chi connectivity index (χ3v) is 6.25. The quantitative estimate of drug-likeness (QED) is 0.538. The summed E-state index contributed by atoms with van der Waals surface area (Å²) in [6.07, 6.45) is 6.78. The van der Waals surface area contributed by atoms with E-state index in [4.69, 9.17) is 21.7 Å². The van der Waals surface area contributed by atoms with Crippen LogP contribution in [0.4, 0.5) is 0 Å². The Morgan fingerprint density at radius 1 is 1.06 bits per heavy atom. The highest BCUT2D eigenvalue weighted by Gasteiger charge is 2.43. The average molecular weight is 442 g/mol. The first-order valence-corrected chi connectivity index (χ1v) is 11.2. The van der Waals surface area contributed by atoms with Crippen LogP contribution in [-0.2, 0) is 0 Å². The zero-order valence-electron chi connectivity index (χ0n) is 17.5. The predicted octanol–water partition coefficient (Wildman–Crippen LogP) is 5.59. The summed E-state index contributed by atoms with van der Waals surface area (Å²) in [5.74, 6) is 0.0547. The monoisotopic (exact) mass is 441 g/mol. The van der Waals surface area contributed by atoms with Gasteiger partial charge in [0.15, 0.2) is 10.9 Å². The number of hydrazone groups is 1. The van der Waals surface area contributed by atoms with Gasteiger partial charge in [-0.3, -0.25) is 10.1 Å². The Labute approximate surface area is 192 Å². The molecule has 2 atom stereocenters. The molecule has 5 rings (SSSR count). The number of nitrogens with one attached hydrogen (secondary N) is 1. The van der Waals surface area contributed by atoms with Gasteiger partial charge in [0.2, 0.25) is 0 Å². The number of carbonyl (C=O) groups is 1. The highest BCUT2D eigenvalue weighted by Crippen LogP contribution is 2.44. The largest absolute Gasteiger partial charge is 0.459 e. The van der Waals surface area contributed by atoms with Crippen LogP contribution in [0.15, 0.2) is 94.2 Å². The van der Waals surface area contributed by atoms with Crippen molar-refractivity contribution in [1.82, 2.24) is 10.3 Å². The molecule has 32 heavy (non-hydrogen) atoms. The molecule has 1 aliphatic carbocycles. The van der Waals surface area contributed by atoms with E-state index < -0.39 is 0 Å². The van der Waals surface area contributed by atoms with Crippen LogP contribution in [-0.4, -0.2) is 21.7 Å². The highest BCUT2D eigenvalue weighted by atomic mass is 32.1. The van der Waals surface area contributed by atoms with Crippen molar-refractivity contribution in [2.24, 2.45) is 11.0 Å². The average Bonchev–Trinajstić information content (AvgIpc) is 3.49. The van der Waals surface area contributed by atoms with E-state index in [1.165, 1.54) is 11.8 Å². The lowest BCUT2D eigenvalue weighted by Crippen LogP contribution is -2.41. The molecule has 1 aromatic heterocycles. The van der Waals surface area contributed by atoms with E-state index in [-0.39, 0.29) is 28.7 Å². The van der Waals surface area contributed by atoms with E-state index in [0.717, 1.165) is 36.1 Å². The smallest absolute Gasteiger partial charge is 0.293 e. The van der Waals surface area contributed by atoms with Gasteiger partial charge in [-0.05, 0) is 66.4 Å². The van der Waals surface area contributed by atoms with Crippen LogP contribution in [0.2, 0.25) is 0 Å². The Morgan fingerprint density at radius 3 is 2.53 bits per heavy atom. The molecule has 5 nitrogen and oxygen atoms in total. The molecule has 2 unspecified atom stereocenters. The van der Waals surface area contributed by atoms with Crippen LogP contribution in [0.5, 0.6) is 0 Å². The minimum atomic E-state index is -0.373. The minimum Gasteiger partial charge on any atom is -0.459 e. The number of fused-ring (bicyclic) bond motifs is 1. The number of benzene rings is 2. The molecule has 3 aromatic rings. The first-order valence-electron chi connectivity index (χ1n) is 10.8. The zero-order valence-corrected chi connectivity index (χ0v) is 18.3. The second-order valence-corrected chi connectivity index (χ2v) is 8.39. The Kier molecular flexibility index (Phi) is 5.69. The number of amides is 1. The molecule has 1 fully saturated rings. The number of carbonyl (C=O) groups excluding carboxylic acids is 1. The SMILES string of the molecule is O=C(NC(=S)N1N=C2/C(=C/c3ccccc3)CCCC2C1c1ccccc1)c1ccco1. The van der Waals surface area contributed by atoms with E-state index >= 15 is 0 Å². The second-order valence-electron chi connectivity index (χ2n) is 8.00. The molecule has 1 amide bonds. The molecule has 1 N–H and O–H groups in total. The van der Waals surface area contributed by atoms with Gasteiger partial charge in [0.05, 0.1) is 18.0 Å². The second kappa shape index (κ2) is 8.93. The van der Waals surface area contributed by atoms with Crippen molar-refractivity contribution < 1.29 is 9.21 Å². The number of furan rings is 1. The third-order valence-electron chi connectivity index (χ3n) is 5.96. The molecule has 1 saturated carbocycles. The van der Waals surface area contributed by atoms with Crippen molar-refractivity contribution in [2.75, 3.05) is 0 Å². The summed E-state index contributed by atoms with van der Waals surface area (Å²) < 4.78 is 5.21. The molecule has 2 heterocycles. The summed E-state index contributed by atoms with van der Waals surface area (Å²) >= 11 is 5.66. The lowest BCUT2D eigenvalue weighted by atomic mass is 9.77. The van der Waals surface area contributed by atoms with Gasteiger partial charge in [-0.2, -0.15) is 5.10 Å². The lowest BCUT2D eigenvalue weighted by Gasteiger charge is -2.30. The molecule has 160 valence electrons. The van der Waals surface area contributed by atoms with Crippen LogP contribution < -0.4 is 5.32 Å². The lowest BCUT2D eigenvalue weighted by molar-refractivity contribution is 0.0944. The third kappa shape index (κ3) is 4.01. The van der Waals surface area contributed by atoms with Crippen molar-refractivity contribution in [2.45, 2.75) is 25.3 Å². The Balaban J connectivity index is 1.50. The molecule has 1 aliphatic heterocycles. The fraction of sp³-hybridized carbons (Fsp3) is 0.192. The molecule has 6 heteroatoms. The molecule has 0 spiro atoms. The summed E-state index contributed by atoms with van der Waals surface area (Å²) in [7, 11) is 0. The van der Waals surface area contributed by atoms with E-state index in [1.54, 1.807) is 17.1 Å². The van der Waals surface area contributed by atoms with Crippen molar-refractivity contribution >= 4 is 35.0 Å². The van der Waals surface area contributed by atoms with E-state index in [1.807, 2.05) is 36.4 Å². The van der Waals surface area contributed by atoms with Crippen molar-refractivity contribution in [1.29, 1.82) is 0 Å². The molecule has 2 aromatic carbocycles. The maximum Gasteiger partial charge on any atom is 0.293 e. The zero-order chi connectivity index (χ0) is 21.9. The molecule has 0 bridgehead atoms. The van der Waals surface area contributed by atoms with Crippen LogP contribution in [0.3, 0.4) is 0 Å². The Bertz CT molecular complexity index is 1170. The molecular weight excluding hydrogens is 418 g/mol. The first kappa shape index (κ1) is 20.4. The van der Waals surface area contributed by atoms with E-state index in [2.05, 4.69) is 35.7 Å². The summed E-state index contributed by atoms with van der Waals surface area (Å²) in [6.45, 7) is 0. The van der Waals surface area contributed by atoms with E-state index in [9.17, 15) is 4.79 Å². The number of hydrogen-bond acceptors (Lipinski definition) is 4. The van der Waals surface area contributed by atoms with Gasteiger partial charge < -0.3 is 4.42 Å². The number of allylic oxidation sites excluding steroid dienone is 1. The van der Waals surface area contributed by atoms with Crippen LogP contribution in [0.1, 0.15) is 47.0 Å². The molecule has 2 aliphatic rings. The fourth-order valence-electron chi connectivity index (χ4n) is 4.53. The number of hydrogen-bond donors (Lipinski definition) is 1. The van der Waals surface area contributed by atoms with Crippen molar-refractivity contribution in [3.05, 3.63) is 102 Å². The minimum absolute atomic E-state index is 0.0601. The van der Waals surface area contributed by atoms with Gasteiger partial charge in [-0.1, -0.05) is 60.7 Å². The topological polar surface area (TPSA) is 57.8 Å². The van der Waals surface area contributed by atoms with Gasteiger partial charge in [-0.15, -0.1) is 0 Å². The standard InChI is InChI=1S/C26H23N3O2S/c30-25(22-15-8-16-31-22)27-26(32)29-24(19-11-5-2-6-12-19)21-14-7-13-20(23(21)28-29)17-18-9-3-1-4-10-18/h1-6,8-12,15-17,21,24H,7,13-14H2,(H,27,30,32)/b20-17+. The summed E-state index contributed by atoms with van der Waals surface area (Å²) in [4.78, 5) is 12.6. The Hall–Kier alpha value is -3.51. The molecule has 0 radical (unpaired) electrons. The van der Waals surface area contributed by atoms with Gasteiger partial charge in [0.1, 0.15) is 0 Å². The van der Waals surface area contributed by atoms with Gasteiger partial charge >= 0.3 is 0 Å². The predicted molar refractivity (Wildman–Crippen MR) is 129 cm³/mol. The highest BCUT2D eigenvalue weighted by molar-refractivity contribution is 7.80. The summed E-state index contributed by atoms with van der Waals surface area (Å²) in [5.41, 5.74) is 4.58. The normalized spacial score (nSPS) is 21.2. The van der Waals surface area contributed by atoms with Crippen LogP contribution in [0.25, 0.3) is 6.08 Å². The van der Waals surface area contributed by atoms with Gasteiger partial charge in [-0.25, -0.2) is 5.01 Å². The molecule has 0 saturated heterocycles. The Morgan fingerprint density at radius 2 is 1.81 bits per heavy atom. The summed E-state index contributed by atoms with van der Waals surface area (Å²) in [6, 6.07) is 23.8. The number of nitrogens with zero attached hydrogens (tertiary/aromatic N) is 2. The first-order chi connectivity index (χ1) is 15.7. The maximum atomic E-state index is 12.6. The van der Waals surface area contributed by atoms with Crippen molar-refractivity contribution in [3.8, 4) is 0 Å². The fourth-order valence-corrected chi connectivity index (χ4v) is 4.77. The van der Waals surface area contributed by atoms with Gasteiger partial charge in [0, 0.05) is 5.92 Å². The van der Waals surface area contributed by atoms with Gasteiger partial charge in [0.25, 0.3) is 5.91 Å². The number of thiocarbonyl (C=S) groups is 1. The number of rotatable bonds is 3. The maximum absolute atomic E-state index is 12.6. The summed E-state index contributed by atoms with van der Waals surface area (Å²) in [5, 5.41) is 9.85. The molecular formula is C26H23N3O2S.